The fourth-order valence-electron chi connectivity index (χ4n) is 1.69. The van der Waals surface area contributed by atoms with Crippen LogP contribution in [-0.4, -0.2) is 11.6 Å². The van der Waals surface area contributed by atoms with Crippen molar-refractivity contribution in [3.63, 3.8) is 0 Å². The van der Waals surface area contributed by atoms with Gasteiger partial charge in [0.1, 0.15) is 5.75 Å². The average Bonchev–Trinajstić information content (AvgIpc) is 2.41. The van der Waals surface area contributed by atoms with Gasteiger partial charge in [-0.25, -0.2) is 0 Å². The number of ether oxygens (including phenoxy) is 1. The highest BCUT2D eigenvalue weighted by Crippen LogP contribution is 2.19. The van der Waals surface area contributed by atoms with Crippen LogP contribution in [0.1, 0.15) is 11.3 Å². The molecule has 0 bridgehead atoms. The van der Waals surface area contributed by atoms with Crippen LogP contribution in [0.5, 0.6) is 5.75 Å². The Morgan fingerprint density at radius 2 is 1.84 bits per heavy atom. The molecule has 0 amide bonds. The van der Waals surface area contributed by atoms with Crippen molar-refractivity contribution in [1.82, 2.24) is 10.3 Å². The van der Waals surface area contributed by atoms with E-state index in [0.29, 0.717) is 18.7 Å². The number of rotatable bonds is 6. The van der Waals surface area contributed by atoms with Crippen LogP contribution < -0.4 is 10.1 Å². The van der Waals surface area contributed by atoms with E-state index in [-0.39, 0.29) is 5.75 Å². The number of para-hydroxylation sites is 1. The first-order valence-corrected chi connectivity index (χ1v) is 5.89. The van der Waals surface area contributed by atoms with Gasteiger partial charge in [-0.15, -0.1) is 0 Å². The van der Waals surface area contributed by atoms with Gasteiger partial charge in [0.25, 0.3) is 0 Å². The molecule has 0 unspecified atom stereocenters. The zero-order valence-electron chi connectivity index (χ0n) is 10.2. The first-order chi connectivity index (χ1) is 9.25. The lowest BCUT2D eigenvalue weighted by Crippen LogP contribution is -2.15. The highest BCUT2D eigenvalue weighted by atomic mass is 19.3. The van der Waals surface area contributed by atoms with Crippen LogP contribution in [0.3, 0.4) is 0 Å². The quantitative estimate of drug-likeness (QED) is 0.871. The summed E-state index contributed by atoms with van der Waals surface area (Å²) in [5.41, 5.74) is 1.59. The molecule has 0 spiro atoms. The third-order valence-electron chi connectivity index (χ3n) is 2.54. The lowest BCUT2D eigenvalue weighted by molar-refractivity contribution is -0.0505. The minimum absolute atomic E-state index is 0.200. The van der Waals surface area contributed by atoms with E-state index in [4.69, 9.17) is 0 Å². The summed E-state index contributed by atoms with van der Waals surface area (Å²) in [5.74, 6) is 0.200. The minimum Gasteiger partial charge on any atom is -0.434 e. The molecular weight excluding hydrogens is 250 g/mol. The highest BCUT2D eigenvalue weighted by Gasteiger charge is 2.08. The predicted molar refractivity (Wildman–Crippen MR) is 67.9 cm³/mol. The molecule has 19 heavy (non-hydrogen) atoms. The molecule has 0 radical (unpaired) electrons. The number of halogens is 2. The second-order valence-corrected chi connectivity index (χ2v) is 3.91. The first kappa shape index (κ1) is 13.4. The molecule has 2 aromatic rings. The normalized spacial score (nSPS) is 10.7. The molecule has 1 aromatic heterocycles. The van der Waals surface area contributed by atoms with Crippen LogP contribution in [-0.2, 0) is 13.1 Å². The standard InChI is InChI=1S/C14H14F2N2O/c15-14(16)19-13-7-2-1-5-11(13)9-17-10-12-6-3-4-8-18-12/h1-8,14,17H,9-10H2. The number of aromatic nitrogens is 1. The van der Waals surface area contributed by atoms with Crippen LogP contribution in [0.15, 0.2) is 48.7 Å². The number of pyridine rings is 1. The summed E-state index contributed by atoms with van der Waals surface area (Å²) in [6.07, 6.45) is 1.71. The van der Waals surface area contributed by atoms with Gasteiger partial charge in [-0.3, -0.25) is 4.98 Å². The molecule has 1 N–H and O–H groups in total. The SMILES string of the molecule is FC(F)Oc1ccccc1CNCc1ccccn1. The molecule has 0 aliphatic carbocycles. The maximum absolute atomic E-state index is 12.2. The maximum Gasteiger partial charge on any atom is 0.387 e. The molecule has 2 rings (SSSR count). The number of nitrogens with zero attached hydrogens (tertiary/aromatic N) is 1. The van der Waals surface area contributed by atoms with Crippen LogP contribution in [0.2, 0.25) is 0 Å². The Balaban J connectivity index is 1.92. The van der Waals surface area contributed by atoms with Crippen molar-refractivity contribution >= 4 is 0 Å². The lowest BCUT2D eigenvalue weighted by atomic mass is 10.2. The fraction of sp³-hybridized carbons (Fsp3) is 0.214. The molecule has 3 nitrogen and oxygen atoms in total. The Morgan fingerprint density at radius 3 is 2.58 bits per heavy atom. The van der Waals surface area contributed by atoms with E-state index in [1.165, 1.54) is 6.07 Å². The largest absolute Gasteiger partial charge is 0.434 e. The number of alkyl halides is 2. The number of hydrogen-bond acceptors (Lipinski definition) is 3. The lowest BCUT2D eigenvalue weighted by Gasteiger charge is -2.11. The Labute approximate surface area is 110 Å². The summed E-state index contributed by atoms with van der Waals surface area (Å²) in [6.45, 7) is -1.79. The Hall–Kier alpha value is -2.01. The van der Waals surface area contributed by atoms with E-state index in [0.717, 1.165) is 5.69 Å². The number of nitrogens with one attached hydrogen (secondary N) is 1. The predicted octanol–water partition coefficient (Wildman–Crippen LogP) is 2.97. The third kappa shape index (κ3) is 4.30. The van der Waals surface area contributed by atoms with E-state index >= 15 is 0 Å². The summed E-state index contributed by atoms with van der Waals surface area (Å²) in [4.78, 5) is 4.17. The van der Waals surface area contributed by atoms with Crippen molar-refractivity contribution in [2.24, 2.45) is 0 Å². The zero-order chi connectivity index (χ0) is 13.5. The molecule has 5 heteroatoms. The second-order valence-electron chi connectivity index (χ2n) is 3.91. The molecule has 0 saturated heterocycles. The molecule has 0 aliphatic rings. The monoisotopic (exact) mass is 264 g/mol. The van der Waals surface area contributed by atoms with Gasteiger partial charge in [-0.2, -0.15) is 8.78 Å². The van der Waals surface area contributed by atoms with Gasteiger partial charge < -0.3 is 10.1 Å². The van der Waals surface area contributed by atoms with Gasteiger partial charge in [0.2, 0.25) is 0 Å². The van der Waals surface area contributed by atoms with E-state index in [2.05, 4.69) is 15.0 Å². The molecule has 0 fully saturated rings. The van der Waals surface area contributed by atoms with Crippen LogP contribution in [0.4, 0.5) is 8.78 Å². The van der Waals surface area contributed by atoms with E-state index in [1.807, 2.05) is 18.2 Å². The van der Waals surface area contributed by atoms with Gasteiger partial charge >= 0.3 is 6.61 Å². The van der Waals surface area contributed by atoms with Gasteiger partial charge in [0, 0.05) is 24.8 Å². The fourth-order valence-corrected chi connectivity index (χ4v) is 1.69. The number of hydrogen-bond donors (Lipinski definition) is 1. The van der Waals surface area contributed by atoms with Crippen molar-refractivity contribution in [3.05, 3.63) is 59.9 Å². The molecule has 0 saturated carbocycles. The molecule has 1 heterocycles. The van der Waals surface area contributed by atoms with Crippen molar-refractivity contribution in [2.75, 3.05) is 0 Å². The van der Waals surface area contributed by atoms with Gasteiger partial charge in [0.05, 0.1) is 5.69 Å². The van der Waals surface area contributed by atoms with Crippen molar-refractivity contribution in [2.45, 2.75) is 19.7 Å². The molecule has 1 aromatic carbocycles. The summed E-state index contributed by atoms with van der Waals surface area (Å²) >= 11 is 0. The highest BCUT2D eigenvalue weighted by molar-refractivity contribution is 5.33. The molecule has 100 valence electrons. The van der Waals surface area contributed by atoms with E-state index in [1.54, 1.807) is 24.4 Å². The zero-order valence-corrected chi connectivity index (χ0v) is 10.2. The van der Waals surface area contributed by atoms with Crippen LogP contribution in [0.25, 0.3) is 0 Å². The van der Waals surface area contributed by atoms with Crippen LogP contribution >= 0.6 is 0 Å². The summed E-state index contributed by atoms with van der Waals surface area (Å²) in [7, 11) is 0. The maximum atomic E-state index is 12.2. The average molecular weight is 264 g/mol. The summed E-state index contributed by atoms with van der Waals surface area (Å²) < 4.78 is 28.9. The van der Waals surface area contributed by atoms with Crippen molar-refractivity contribution in [3.8, 4) is 5.75 Å². The molecular formula is C14H14F2N2O. The summed E-state index contributed by atoms with van der Waals surface area (Å²) in [5, 5.41) is 3.14. The van der Waals surface area contributed by atoms with Crippen LogP contribution in [0, 0.1) is 0 Å². The Bertz CT molecular complexity index is 506. The van der Waals surface area contributed by atoms with Gasteiger partial charge in [0.15, 0.2) is 0 Å². The summed E-state index contributed by atoms with van der Waals surface area (Å²) in [6, 6.07) is 12.4. The smallest absolute Gasteiger partial charge is 0.387 e. The van der Waals surface area contributed by atoms with Crippen molar-refractivity contribution < 1.29 is 13.5 Å². The van der Waals surface area contributed by atoms with Crippen molar-refractivity contribution in [1.29, 1.82) is 0 Å². The van der Waals surface area contributed by atoms with E-state index < -0.39 is 6.61 Å². The molecule has 0 atom stereocenters. The van der Waals surface area contributed by atoms with Gasteiger partial charge in [-0.05, 0) is 18.2 Å². The Morgan fingerprint density at radius 1 is 1.05 bits per heavy atom. The number of benzene rings is 1. The second kappa shape index (κ2) is 6.80. The topological polar surface area (TPSA) is 34.1 Å². The van der Waals surface area contributed by atoms with Gasteiger partial charge in [-0.1, -0.05) is 24.3 Å². The Kier molecular flexibility index (Phi) is 4.80. The first-order valence-electron chi connectivity index (χ1n) is 5.89. The molecule has 0 aliphatic heterocycles. The van der Waals surface area contributed by atoms with E-state index in [9.17, 15) is 8.78 Å². The third-order valence-corrected chi connectivity index (χ3v) is 2.54. The minimum atomic E-state index is -2.81.